The highest BCUT2D eigenvalue weighted by Gasteiger charge is 2.16. The van der Waals surface area contributed by atoms with Crippen LogP contribution in [0.3, 0.4) is 0 Å². The molecule has 1 aliphatic rings. The van der Waals surface area contributed by atoms with E-state index in [0.29, 0.717) is 11.5 Å². The number of likely N-dealkylation sites (N-methyl/N-ethyl adjacent to an activating group) is 1. The molecule has 0 radical (unpaired) electrons. The van der Waals surface area contributed by atoms with Crippen LogP contribution in [0.4, 0.5) is 11.6 Å². The Kier molecular flexibility index (Phi) is 4.76. The van der Waals surface area contributed by atoms with Crippen LogP contribution in [0.25, 0.3) is 22.0 Å². The molecule has 0 unspecified atom stereocenters. The van der Waals surface area contributed by atoms with Gasteiger partial charge in [0.05, 0.1) is 10.4 Å². The summed E-state index contributed by atoms with van der Waals surface area (Å²) in [6.45, 7) is 3.78. The third-order valence-electron chi connectivity index (χ3n) is 4.85. The number of hydrogen-bond acceptors (Lipinski definition) is 8. The summed E-state index contributed by atoms with van der Waals surface area (Å²) < 4.78 is 0. The van der Waals surface area contributed by atoms with Crippen molar-refractivity contribution in [3.63, 3.8) is 0 Å². The Morgan fingerprint density at radius 3 is 2.57 bits per heavy atom. The van der Waals surface area contributed by atoms with Gasteiger partial charge in [-0.2, -0.15) is 0 Å². The molecule has 1 aliphatic heterocycles. The third kappa shape index (κ3) is 3.71. The van der Waals surface area contributed by atoms with E-state index >= 15 is 0 Å². The standard InChI is InChI=1S/C19H20N6O3/c1-23-6-8-24(9-7-23)22-19-20-12-15-10-13(2-4-16(15)21-19)14-3-5-18(26)17(11-14)25(27)28/h2-5,10-12,26H,6-9H2,1H3,(H,20,21,22). The molecule has 9 heteroatoms. The number of aromatic nitrogens is 2. The molecule has 1 fully saturated rings. The summed E-state index contributed by atoms with van der Waals surface area (Å²) >= 11 is 0. The first kappa shape index (κ1) is 18.1. The van der Waals surface area contributed by atoms with Crippen LogP contribution in [0.2, 0.25) is 0 Å². The Morgan fingerprint density at radius 2 is 1.82 bits per heavy atom. The van der Waals surface area contributed by atoms with E-state index in [9.17, 15) is 15.2 Å². The van der Waals surface area contributed by atoms with Gasteiger partial charge in [0, 0.05) is 43.8 Å². The minimum atomic E-state index is -0.598. The zero-order valence-electron chi connectivity index (χ0n) is 15.4. The summed E-state index contributed by atoms with van der Waals surface area (Å²) in [5.41, 5.74) is 5.15. The van der Waals surface area contributed by atoms with Gasteiger partial charge in [-0.25, -0.2) is 15.0 Å². The van der Waals surface area contributed by atoms with Gasteiger partial charge in [0.1, 0.15) is 0 Å². The fourth-order valence-corrected chi connectivity index (χ4v) is 3.18. The van der Waals surface area contributed by atoms with Crippen LogP contribution in [-0.2, 0) is 0 Å². The number of aromatic hydroxyl groups is 1. The second-order valence-corrected chi connectivity index (χ2v) is 6.83. The minimum absolute atomic E-state index is 0.319. The number of piperazine rings is 1. The summed E-state index contributed by atoms with van der Waals surface area (Å²) in [5.74, 6) is 0.197. The molecule has 28 heavy (non-hydrogen) atoms. The Balaban J connectivity index is 1.58. The van der Waals surface area contributed by atoms with Crippen molar-refractivity contribution in [2.24, 2.45) is 0 Å². The number of anilines is 1. The van der Waals surface area contributed by atoms with Crippen LogP contribution < -0.4 is 5.43 Å². The quantitative estimate of drug-likeness (QED) is 0.525. The van der Waals surface area contributed by atoms with Gasteiger partial charge in [-0.05, 0) is 36.4 Å². The van der Waals surface area contributed by atoms with Crippen LogP contribution in [0.5, 0.6) is 5.75 Å². The van der Waals surface area contributed by atoms with Crippen molar-refractivity contribution in [1.82, 2.24) is 19.9 Å². The lowest BCUT2D eigenvalue weighted by atomic mass is 10.0. The van der Waals surface area contributed by atoms with Crippen molar-refractivity contribution in [3.05, 3.63) is 52.7 Å². The molecule has 9 nitrogen and oxygen atoms in total. The largest absolute Gasteiger partial charge is 0.502 e. The maximum Gasteiger partial charge on any atom is 0.311 e. The first-order valence-corrected chi connectivity index (χ1v) is 8.94. The van der Waals surface area contributed by atoms with E-state index in [0.717, 1.165) is 42.6 Å². The fraction of sp³-hybridized carbons (Fsp3) is 0.263. The van der Waals surface area contributed by atoms with Gasteiger partial charge in [-0.3, -0.25) is 15.5 Å². The molecule has 0 atom stereocenters. The SMILES string of the molecule is CN1CCN(Nc2ncc3cc(-c4ccc(O)c([N+](=O)[O-])c4)ccc3n2)CC1. The highest BCUT2D eigenvalue weighted by atomic mass is 16.6. The van der Waals surface area contributed by atoms with Crippen LogP contribution in [-0.4, -0.2) is 63.1 Å². The van der Waals surface area contributed by atoms with Crippen molar-refractivity contribution >= 4 is 22.5 Å². The number of phenolic OH excluding ortho intramolecular Hbond substituents is 1. The zero-order chi connectivity index (χ0) is 19.7. The number of hydrogen-bond donors (Lipinski definition) is 2. The van der Waals surface area contributed by atoms with Crippen molar-refractivity contribution in [1.29, 1.82) is 0 Å². The molecule has 0 aliphatic carbocycles. The number of nitro benzene ring substituents is 1. The van der Waals surface area contributed by atoms with E-state index in [1.165, 1.54) is 12.1 Å². The van der Waals surface area contributed by atoms with E-state index in [-0.39, 0.29) is 11.4 Å². The first-order chi connectivity index (χ1) is 13.5. The van der Waals surface area contributed by atoms with Gasteiger partial charge in [0.2, 0.25) is 5.95 Å². The summed E-state index contributed by atoms with van der Waals surface area (Å²) in [6.07, 6.45) is 1.74. The molecule has 144 valence electrons. The van der Waals surface area contributed by atoms with E-state index < -0.39 is 4.92 Å². The van der Waals surface area contributed by atoms with Crippen molar-refractivity contribution in [3.8, 4) is 16.9 Å². The molecule has 2 heterocycles. The molecular weight excluding hydrogens is 360 g/mol. The summed E-state index contributed by atoms with van der Waals surface area (Å²) in [4.78, 5) is 21.7. The highest BCUT2D eigenvalue weighted by Crippen LogP contribution is 2.32. The number of rotatable bonds is 4. The lowest BCUT2D eigenvalue weighted by molar-refractivity contribution is -0.385. The van der Waals surface area contributed by atoms with Crippen LogP contribution >= 0.6 is 0 Å². The van der Waals surface area contributed by atoms with Crippen molar-refractivity contribution in [2.75, 3.05) is 38.7 Å². The maximum absolute atomic E-state index is 11.0. The smallest absolute Gasteiger partial charge is 0.311 e. The van der Waals surface area contributed by atoms with E-state index in [2.05, 4.69) is 32.4 Å². The average Bonchev–Trinajstić information content (AvgIpc) is 2.69. The van der Waals surface area contributed by atoms with Crippen molar-refractivity contribution < 1.29 is 10.0 Å². The molecule has 0 bridgehead atoms. The maximum atomic E-state index is 11.0. The normalized spacial score (nSPS) is 15.6. The monoisotopic (exact) mass is 380 g/mol. The Hall–Kier alpha value is -3.30. The van der Waals surface area contributed by atoms with Crippen LogP contribution in [0.15, 0.2) is 42.6 Å². The van der Waals surface area contributed by atoms with E-state index in [1.54, 1.807) is 12.3 Å². The Morgan fingerprint density at radius 1 is 1.11 bits per heavy atom. The summed E-state index contributed by atoms with van der Waals surface area (Å²) in [6, 6.07) is 9.93. The third-order valence-corrected chi connectivity index (χ3v) is 4.85. The number of nitrogens with zero attached hydrogens (tertiary/aromatic N) is 5. The lowest BCUT2D eigenvalue weighted by Gasteiger charge is -2.32. The predicted molar refractivity (Wildman–Crippen MR) is 106 cm³/mol. The number of nitrogens with one attached hydrogen (secondary N) is 1. The second kappa shape index (κ2) is 7.37. The molecule has 2 aromatic carbocycles. The fourth-order valence-electron chi connectivity index (χ4n) is 3.18. The van der Waals surface area contributed by atoms with Crippen molar-refractivity contribution in [2.45, 2.75) is 0 Å². The molecule has 2 N–H and O–H groups in total. The average molecular weight is 380 g/mol. The summed E-state index contributed by atoms with van der Waals surface area (Å²) in [5, 5.41) is 23.6. The number of fused-ring (bicyclic) bond motifs is 1. The van der Waals surface area contributed by atoms with Crippen LogP contribution in [0, 0.1) is 10.1 Å². The van der Waals surface area contributed by atoms with Gasteiger partial charge in [-0.1, -0.05) is 12.1 Å². The minimum Gasteiger partial charge on any atom is -0.502 e. The van der Waals surface area contributed by atoms with Gasteiger partial charge in [-0.15, -0.1) is 0 Å². The topological polar surface area (TPSA) is 108 Å². The van der Waals surface area contributed by atoms with Crippen LogP contribution in [0.1, 0.15) is 0 Å². The molecular formula is C19H20N6O3. The molecule has 0 saturated carbocycles. The summed E-state index contributed by atoms with van der Waals surface area (Å²) in [7, 11) is 2.10. The molecule has 4 rings (SSSR count). The number of phenols is 1. The van der Waals surface area contributed by atoms with E-state index in [1.807, 2.05) is 18.2 Å². The van der Waals surface area contributed by atoms with Gasteiger partial charge in [0.15, 0.2) is 5.75 Å². The molecule has 3 aromatic rings. The lowest BCUT2D eigenvalue weighted by Crippen LogP contribution is -2.47. The van der Waals surface area contributed by atoms with Gasteiger partial charge >= 0.3 is 5.69 Å². The van der Waals surface area contributed by atoms with Gasteiger partial charge in [0.25, 0.3) is 0 Å². The highest BCUT2D eigenvalue weighted by molar-refractivity contribution is 5.85. The Labute approximate surface area is 161 Å². The first-order valence-electron chi connectivity index (χ1n) is 8.94. The number of benzene rings is 2. The number of hydrazine groups is 1. The Bertz CT molecular complexity index is 1030. The predicted octanol–water partition coefficient (Wildman–Crippen LogP) is 2.48. The molecule has 0 amide bonds. The second-order valence-electron chi connectivity index (χ2n) is 6.83. The molecule has 1 aromatic heterocycles. The molecule has 0 spiro atoms. The van der Waals surface area contributed by atoms with E-state index in [4.69, 9.17) is 0 Å². The molecule has 1 saturated heterocycles. The zero-order valence-corrected chi connectivity index (χ0v) is 15.4. The van der Waals surface area contributed by atoms with Gasteiger partial charge < -0.3 is 10.0 Å². The number of nitro groups is 1.